The molecule has 0 spiro atoms. The van der Waals surface area contributed by atoms with Gasteiger partial charge in [0.05, 0.1) is 15.7 Å². The number of nitrogens with zero attached hydrogens (tertiary/aromatic N) is 3. The molecule has 0 saturated heterocycles. The highest BCUT2D eigenvalue weighted by molar-refractivity contribution is 7.07. The fraction of sp³-hybridized carbons (Fsp3) is 0.200. The van der Waals surface area contributed by atoms with Crippen molar-refractivity contribution in [2.24, 2.45) is 5.41 Å². The van der Waals surface area contributed by atoms with Gasteiger partial charge >= 0.3 is 0 Å². The fourth-order valence-electron chi connectivity index (χ4n) is 3.12. The number of H-pyrrole nitrogens is 1. The third-order valence-corrected chi connectivity index (χ3v) is 5.84. The Hall–Kier alpha value is -3.58. The molecule has 3 aromatic heterocycles. The summed E-state index contributed by atoms with van der Waals surface area (Å²) in [4.78, 5) is 31.9. The highest BCUT2D eigenvalue weighted by Gasteiger charge is 2.18. The zero-order valence-corrected chi connectivity index (χ0v) is 19.0. The highest BCUT2D eigenvalue weighted by Crippen LogP contribution is 2.22. The van der Waals surface area contributed by atoms with Crippen molar-refractivity contribution < 1.29 is 4.79 Å². The number of ketones is 1. The molecule has 4 rings (SSSR count). The summed E-state index contributed by atoms with van der Waals surface area (Å²) in [5, 5.41) is 4.76. The van der Waals surface area contributed by atoms with E-state index in [1.165, 1.54) is 17.4 Å². The Morgan fingerprint density at radius 3 is 2.62 bits per heavy atom. The molecule has 3 heterocycles. The first-order valence-corrected chi connectivity index (χ1v) is 11.1. The molecule has 0 amide bonds. The van der Waals surface area contributed by atoms with Gasteiger partial charge < -0.3 is 4.98 Å². The lowest BCUT2D eigenvalue weighted by atomic mass is 9.91. The van der Waals surface area contributed by atoms with E-state index in [1.54, 1.807) is 12.4 Å². The van der Waals surface area contributed by atoms with Crippen molar-refractivity contribution >= 4 is 29.3 Å². The second kappa shape index (κ2) is 8.88. The highest BCUT2D eigenvalue weighted by atomic mass is 32.1. The smallest absolute Gasteiger partial charge is 0.266 e. The quantitative estimate of drug-likeness (QED) is 0.513. The van der Waals surface area contributed by atoms with E-state index in [0.29, 0.717) is 15.7 Å². The number of thiazole rings is 1. The van der Waals surface area contributed by atoms with Gasteiger partial charge in [-0.15, -0.1) is 11.3 Å². The lowest BCUT2D eigenvalue weighted by molar-refractivity contribution is -0.119. The van der Waals surface area contributed by atoms with Gasteiger partial charge in [-0.1, -0.05) is 51.1 Å². The Kier molecular flexibility index (Phi) is 6.01. The number of pyridine rings is 1. The molecular weight excluding hydrogens is 420 g/mol. The van der Waals surface area contributed by atoms with E-state index in [4.69, 9.17) is 5.10 Å². The lowest BCUT2D eigenvalue weighted by Gasteiger charge is -2.12. The van der Waals surface area contributed by atoms with Crippen LogP contribution in [0.25, 0.3) is 23.4 Å². The molecule has 4 aromatic rings. The van der Waals surface area contributed by atoms with Crippen LogP contribution >= 0.6 is 11.3 Å². The molecule has 0 aliphatic carbocycles. The average Bonchev–Trinajstić information content (AvgIpc) is 3.31. The first kappa shape index (κ1) is 21.6. The number of aromatic amines is 1. The Morgan fingerprint density at radius 2 is 1.94 bits per heavy atom. The molecule has 0 saturated carbocycles. The summed E-state index contributed by atoms with van der Waals surface area (Å²) in [6.45, 7) is 6.17. The molecular formula is C25H24N4O2S. The normalized spacial score (nSPS) is 13.0. The van der Waals surface area contributed by atoms with E-state index in [-0.39, 0.29) is 11.3 Å². The van der Waals surface area contributed by atoms with Crippen LogP contribution in [0.2, 0.25) is 0 Å². The fourth-order valence-corrected chi connectivity index (χ4v) is 4.00. The molecule has 0 unspecified atom stereocenters. The molecule has 1 aromatic carbocycles. The van der Waals surface area contributed by atoms with Crippen LogP contribution < -0.4 is 14.8 Å². The van der Waals surface area contributed by atoms with Crippen molar-refractivity contribution in [1.29, 1.82) is 0 Å². The van der Waals surface area contributed by atoms with Gasteiger partial charge in [0.1, 0.15) is 5.69 Å². The zero-order valence-electron chi connectivity index (χ0n) is 18.2. The largest absolute Gasteiger partial charge is 0.313 e. The number of Topliss-reactive ketones (excluding diaryl/α,β-unsaturated/α-hetero) is 1. The Balaban J connectivity index is 1.79. The summed E-state index contributed by atoms with van der Waals surface area (Å²) in [6.07, 6.45) is 8.72. The summed E-state index contributed by atoms with van der Waals surface area (Å²) in [5.41, 5.74) is 2.83. The number of benzene rings is 1. The van der Waals surface area contributed by atoms with E-state index >= 15 is 0 Å². The van der Waals surface area contributed by atoms with Gasteiger partial charge in [0.2, 0.25) is 0 Å². The number of nitrogens with one attached hydrogen (secondary N) is 1. The number of carbonyl (C=O) groups excluding carboxylic acids is 1. The second-order valence-electron chi connectivity index (χ2n) is 8.55. The summed E-state index contributed by atoms with van der Waals surface area (Å²) in [5.74, 6) is -0.0340. The van der Waals surface area contributed by atoms with Crippen LogP contribution in [0.5, 0.6) is 0 Å². The standard InChI is InChI=1S/C25H24N4O2S/c1-25(2,3)21(30)13-22-27-24(31)20(32-22)12-19-16-29(15-17-8-5-4-6-9-17)28-23(19)18-10-7-11-26-14-18/h4-14,16H,15H2,1-3H3,(H,27,31)/b20-12+,22-13+. The molecule has 0 atom stereocenters. The second-order valence-corrected chi connectivity index (χ2v) is 9.63. The van der Waals surface area contributed by atoms with E-state index in [2.05, 4.69) is 9.97 Å². The van der Waals surface area contributed by atoms with Crippen LogP contribution in [0.4, 0.5) is 0 Å². The van der Waals surface area contributed by atoms with Crippen LogP contribution in [0.1, 0.15) is 31.9 Å². The molecule has 6 nitrogen and oxygen atoms in total. The van der Waals surface area contributed by atoms with Gasteiger partial charge in [0.15, 0.2) is 5.78 Å². The van der Waals surface area contributed by atoms with Crippen molar-refractivity contribution in [2.45, 2.75) is 27.3 Å². The van der Waals surface area contributed by atoms with Crippen LogP contribution in [-0.4, -0.2) is 25.5 Å². The predicted octanol–water partition coefficient (Wildman–Crippen LogP) is 2.97. The molecule has 0 fully saturated rings. The van der Waals surface area contributed by atoms with Gasteiger partial charge in [-0.05, 0) is 23.8 Å². The van der Waals surface area contributed by atoms with Crippen molar-refractivity contribution in [3.05, 3.63) is 91.7 Å². The van der Waals surface area contributed by atoms with Crippen molar-refractivity contribution in [2.75, 3.05) is 0 Å². The van der Waals surface area contributed by atoms with Crippen molar-refractivity contribution in [1.82, 2.24) is 19.7 Å². The summed E-state index contributed by atoms with van der Waals surface area (Å²) >= 11 is 1.26. The topological polar surface area (TPSA) is 80.6 Å². The third kappa shape index (κ3) is 5.00. The lowest BCUT2D eigenvalue weighted by Crippen LogP contribution is -2.22. The third-order valence-electron chi connectivity index (χ3n) is 4.88. The molecule has 7 heteroatoms. The minimum Gasteiger partial charge on any atom is -0.313 e. The van der Waals surface area contributed by atoms with Crippen molar-refractivity contribution in [3.63, 3.8) is 0 Å². The maximum atomic E-state index is 12.6. The minimum absolute atomic E-state index is 0.0340. The maximum absolute atomic E-state index is 12.6. The molecule has 162 valence electrons. The van der Waals surface area contributed by atoms with E-state index in [9.17, 15) is 9.59 Å². The van der Waals surface area contributed by atoms with Gasteiger partial charge in [0, 0.05) is 41.2 Å². The summed E-state index contributed by atoms with van der Waals surface area (Å²) < 4.78 is 2.92. The van der Waals surface area contributed by atoms with Gasteiger partial charge in [-0.25, -0.2) is 0 Å². The maximum Gasteiger partial charge on any atom is 0.266 e. The van der Waals surface area contributed by atoms with Crippen LogP contribution in [-0.2, 0) is 11.3 Å². The molecule has 0 aliphatic rings. The average molecular weight is 445 g/mol. The minimum atomic E-state index is -0.503. The summed E-state index contributed by atoms with van der Waals surface area (Å²) in [7, 11) is 0. The first-order chi connectivity index (χ1) is 15.3. The summed E-state index contributed by atoms with van der Waals surface area (Å²) in [6, 6.07) is 13.9. The van der Waals surface area contributed by atoms with Gasteiger partial charge in [0.25, 0.3) is 5.56 Å². The number of aromatic nitrogens is 4. The Bertz CT molecular complexity index is 1410. The number of rotatable bonds is 5. The first-order valence-electron chi connectivity index (χ1n) is 10.3. The molecule has 0 bridgehead atoms. The monoisotopic (exact) mass is 444 g/mol. The molecule has 1 N–H and O–H groups in total. The Morgan fingerprint density at radius 1 is 1.16 bits per heavy atom. The van der Waals surface area contributed by atoms with Gasteiger partial charge in [-0.3, -0.25) is 19.3 Å². The van der Waals surface area contributed by atoms with E-state index in [1.807, 2.05) is 80.2 Å². The number of hydrogen-bond donors (Lipinski definition) is 1. The van der Waals surface area contributed by atoms with Crippen LogP contribution in [0, 0.1) is 5.41 Å². The zero-order chi connectivity index (χ0) is 22.7. The van der Waals surface area contributed by atoms with E-state index in [0.717, 1.165) is 22.4 Å². The van der Waals surface area contributed by atoms with Crippen molar-refractivity contribution in [3.8, 4) is 11.3 Å². The van der Waals surface area contributed by atoms with Crippen LogP contribution in [0.3, 0.4) is 0 Å². The van der Waals surface area contributed by atoms with Gasteiger partial charge in [-0.2, -0.15) is 5.10 Å². The molecule has 0 radical (unpaired) electrons. The number of hydrogen-bond acceptors (Lipinski definition) is 5. The molecule has 32 heavy (non-hydrogen) atoms. The van der Waals surface area contributed by atoms with Crippen LogP contribution in [0.15, 0.2) is 65.8 Å². The Labute approximate surface area is 189 Å². The SMILES string of the molecule is CC(C)(C)C(=O)/C=c1\[nH]c(=O)/c(=C\c2cn(Cc3ccccc3)nc2-c2cccnc2)s1. The predicted molar refractivity (Wildman–Crippen MR) is 128 cm³/mol. The van der Waals surface area contributed by atoms with E-state index < -0.39 is 5.41 Å². The number of carbonyl (C=O) groups is 1. The molecule has 0 aliphatic heterocycles.